The Bertz CT molecular complexity index is 265. The lowest BCUT2D eigenvalue weighted by atomic mass is 9.92. The number of nitrogens with zero attached hydrogens (tertiary/aromatic N) is 1. The highest BCUT2D eigenvalue weighted by atomic mass is 35.5. The molecule has 0 heterocycles. The monoisotopic (exact) mass is 280 g/mol. The van der Waals surface area contributed by atoms with E-state index in [0.717, 1.165) is 6.42 Å². The maximum absolute atomic E-state index is 11.5. The lowest BCUT2D eigenvalue weighted by Gasteiger charge is -2.19. The summed E-state index contributed by atoms with van der Waals surface area (Å²) in [5, 5.41) is 11.3. The van der Waals surface area contributed by atoms with Gasteiger partial charge >= 0.3 is 5.97 Å². The van der Waals surface area contributed by atoms with E-state index >= 15 is 0 Å². The zero-order chi connectivity index (χ0) is 13.5. The van der Waals surface area contributed by atoms with Gasteiger partial charge in [-0.05, 0) is 18.9 Å². The molecule has 18 heavy (non-hydrogen) atoms. The van der Waals surface area contributed by atoms with Crippen molar-refractivity contribution in [1.82, 2.24) is 10.2 Å². The standard InChI is InChI=1S/C12H24N2O3.ClH/c1-12(2,3)6-7-13-10(15)9-14(4)8-5-11(16)17;/h5-9H2,1-4H3,(H,13,15)(H,16,17);1H. The van der Waals surface area contributed by atoms with Gasteiger partial charge in [0.15, 0.2) is 0 Å². The summed E-state index contributed by atoms with van der Waals surface area (Å²) in [7, 11) is 1.74. The number of halogens is 1. The number of carbonyl (C=O) groups excluding carboxylic acids is 1. The van der Waals surface area contributed by atoms with Gasteiger partial charge in [0.05, 0.1) is 13.0 Å². The van der Waals surface area contributed by atoms with Gasteiger partial charge in [-0.1, -0.05) is 20.8 Å². The lowest BCUT2D eigenvalue weighted by molar-refractivity contribution is -0.137. The molecule has 0 spiro atoms. The van der Waals surface area contributed by atoms with Gasteiger partial charge in [-0.2, -0.15) is 0 Å². The summed E-state index contributed by atoms with van der Waals surface area (Å²) in [4.78, 5) is 23.5. The number of hydrogen-bond acceptors (Lipinski definition) is 3. The van der Waals surface area contributed by atoms with Crippen LogP contribution >= 0.6 is 12.4 Å². The molecule has 0 aliphatic carbocycles. The molecule has 0 unspecified atom stereocenters. The molecule has 2 N–H and O–H groups in total. The van der Waals surface area contributed by atoms with Gasteiger partial charge in [0.2, 0.25) is 5.91 Å². The molecule has 108 valence electrons. The predicted octanol–water partition coefficient (Wildman–Crippen LogP) is 1.37. The highest BCUT2D eigenvalue weighted by Crippen LogP contribution is 2.16. The van der Waals surface area contributed by atoms with E-state index in [4.69, 9.17) is 5.11 Å². The number of aliphatic carboxylic acids is 1. The van der Waals surface area contributed by atoms with Gasteiger partial charge in [0.25, 0.3) is 0 Å². The first-order valence-corrected chi connectivity index (χ1v) is 5.88. The molecule has 0 saturated heterocycles. The van der Waals surface area contributed by atoms with Crippen LogP contribution < -0.4 is 5.32 Å². The molecule has 0 aromatic carbocycles. The summed E-state index contributed by atoms with van der Waals surface area (Å²) < 4.78 is 0. The van der Waals surface area contributed by atoms with E-state index in [2.05, 4.69) is 26.1 Å². The molecule has 0 atom stereocenters. The number of carboxylic acids is 1. The van der Waals surface area contributed by atoms with E-state index < -0.39 is 5.97 Å². The van der Waals surface area contributed by atoms with E-state index in [0.29, 0.717) is 13.1 Å². The quantitative estimate of drug-likeness (QED) is 0.739. The average molecular weight is 281 g/mol. The molecule has 0 aromatic heterocycles. The van der Waals surface area contributed by atoms with E-state index in [1.165, 1.54) is 0 Å². The van der Waals surface area contributed by atoms with Crippen LogP contribution in [0.3, 0.4) is 0 Å². The van der Waals surface area contributed by atoms with Gasteiger partial charge in [0.1, 0.15) is 0 Å². The third-order valence-corrected chi connectivity index (χ3v) is 2.32. The largest absolute Gasteiger partial charge is 0.481 e. The highest BCUT2D eigenvalue weighted by Gasteiger charge is 2.11. The summed E-state index contributed by atoms with van der Waals surface area (Å²) in [6.45, 7) is 7.67. The van der Waals surface area contributed by atoms with Crippen molar-refractivity contribution in [2.75, 3.05) is 26.7 Å². The van der Waals surface area contributed by atoms with Gasteiger partial charge in [0, 0.05) is 13.1 Å². The van der Waals surface area contributed by atoms with E-state index in [1.54, 1.807) is 11.9 Å². The SMILES string of the molecule is CN(CCC(=O)O)CC(=O)NCCC(C)(C)C.Cl. The second-order valence-electron chi connectivity index (χ2n) is 5.54. The first-order valence-electron chi connectivity index (χ1n) is 5.88. The number of rotatable bonds is 7. The Morgan fingerprint density at radius 3 is 2.28 bits per heavy atom. The fourth-order valence-electron chi connectivity index (χ4n) is 1.24. The smallest absolute Gasteiger partial charge is 0.304 e. The minimum absolute atomic E-state index is 0. The minimum atomic E-state index is -0.843. The molecule has 0 rings (SSSR count). The highest BCUT2D eigenvalue weighted by molar-refractivity contribution is 5.85. The molecule has 0 radical (unpaired) electrons. The molecule has 0 bridgehead atoms. The van der Waals surface area contributed by atoms with Crippen molar-refractivity contribution in [2.45, 2.75) is 33.6 Å². The normalized spacial score (nSPS) is 10.9. The summed E-state index contributed by atoms with van der Waals surface area (Å²) >= 11 is 0. The third-order valence-electron chi connectivity index (χ3n) is 2.32. The zero-order valence-corrected chi connectivity index (χ0v) is 12.5. The number of hydrogen-bond donors (Lipinski definition) is 2. The Kier molecular flexibility index (Phi) is 9.94. The Morgan fingerprint density at radius 2 is 1.83 bits per heavy atom. The Balaban J connectivity index is 0. The topological polar surface area (TPSA) is 69.6 Å². The molecule has 0 aromatic rings. The molecule has 0 aliphatic rings. The Labute approximate surface area is 115 Å². The van der Waals surface area contributed by atoms with Crippen molar-refractivity contribution in [3.05, 3.63) is 0 Å². The van der Waals surface area contributed by atoms with Crippen LogP contribution in [0, 0.1) is 5.41 Å². The summed E-state index contributed by atoms with van der Waals surface area (Å²) in [5.41, 5.74) is 0.211. The molecule has 6 heteroatoms. The summed E-state index contributed by atoms with van der Waals surface area (Å²) in [6.07, 6.45) is 0.989. The Hall–Kier alpha value is -0.810. The molecule has 1 amide bonds. The molecule has 0 fully saturated rings. The van der Waals surface area contributed by atoms with Crippen LogP contribution in [0.5, 0.6) is 0 Å². The van der Waals surface area contributed by atoms with Gasteiger partial charge in [-0.15, -0.1) is 12.4 Å². The van der Waals surface area contributed by atoms with Crippen LogP contribution in [0.1, 0.15) is 33.6 Å². The minimum Gasteiger partial charge on any atom is -0.481 e. The average Bonchev–Trinajstić information content (AvgIpc) is 2.12. The molecular formula is C12H25ClN2O3. The van der Waals surface area contributed by atoms with Crippen molar-refractivity contribution < 1.29 is 14.7 Å². The fourth-order valence-corrected chi connectivity index (χ4v) is 1.24. The van der Waals surface area contributed by atoms with Crippen molar-refractivity contribution in [3.8, 4) is 0 Å². The summed E-state index contributed by atoms with van der Waals surface area (Å²) in [6, 6.07) is 0. The van der Waals surface area contributed by atoms with Crippen molar-refractivity contribution in [2.24, 2.45) is 5.41 Å². The second-order valence-corrected chi connectivity index (χ2v) is 5.54. The number of nitrogens with one attached hydrogen (secondary N) is 1. The maximum atomic E-state index is 11.5. The van der Waals surface area contributed by atoms with Crippen LogP contribution in [0.4, 0.5) is 0 Å². The maximum Gasteiger partial charge on any atom is 0.304 e. The van der Waals surface area contributed by atoms with Crippen LogP contribution in [0.15, 0.2) is 0 Å². The molecule has 0 saturated carbocycles. The van der Waals surface area contributed by atoms with Crippen molar-refractivity contribution in [1.29, 1.82) is 0 Å². The predicted molar refractivity (Wildman–Crippen MR) is 74.1 cm³/mol. The van der Waals surface area contributed by atoms with Gasteiger partial charge < -0.3 is 10.4 Å². The first-order chi connectivity index (χ1) is 7.70. The van der Waals surface area contributed by atoms with Gasteiger partial charge in [-0.3, -0.25) is 14.5 Å². The van der Waals surface area contributed by atoms with Crippen LogP contribution in [0.25, 0.3) is 0 Å². The van der Waals surface area contributed by atoms with Crippen LogP contribution in [-0.2, 0) is 9.59 Å². The second kappa shape index (κ2) is 9.16. The molecule has 0 aliphatic heterocycles. The molecule has 5 nitrogen and oxygen atoms in total. The summed E-state index contributed by atoms with van der Waals surface area (Å²) in [5.74, 6) is -0.896. The molecular weight excluding hydrogens is 256 g/mol. The van der Waals surface area contributed by atoms with Crippen LogP contribution in [0.2, 0.25) is 0 Å². The lowest BCUT2D eigenvalue weighted by Crippen LogP contribution is -2.37. The Morgan fingerprint density at radius 1 is 1.28 bits per heavy atom. The van der Waals surface area contributed by atoms with E-state index in [-0.39, 0.29) is 36.7 Å². The number of amides is 1. The first kappa shape index (κ1) is 19.5. The fraction of sp³-hybridized carbons (Fsp3) is 0.833. The van der Waals surface area contributed by atoms with E-state index in [9.17, 15) is 9.59 Å². The van der Waals surface area contributed by atoms with Crippen molar-refractivity contribution >= 4 is 24.3 Å². The van der Waals surface area contributed by atoms with Gasteiger partial charge in [-0.25, -0.2) is 0 Å². The number of likely N-dealkylation sites (N-methyl/N-ethyl adjacent to an activating group) is 1. The number of carbonyl (C=O) groups is 2. The van der Waals surface area contributed by atoms with E-state index in [1.807, 2.05) is 0 Å². The zero-order valence-electron chi connectivity index (χ0n) is 11.7. The number of carboxylic acid groups (broad SMARTS) is 1. The van der Waals surface area contributed by atoms with Crippen molar-refractivity contribution in [3.63, 3.8) is 0 Å². The van der Waals surface area contributed by atoms with Crippen LogP contribution in [-0.4, -0.2) is 48.6 Å². The third kappa shape index (κ3) is 13.3.